The summed E-state index contributed by atoms with van der Waals surface area (Å²) >= 11 is 24.9. The highest BCUT2D eigenvalue weighted by molar-refractivity contribution is 6.55. The number of fused-ring (bicyclic) bond motifs is 1. The first-order valence-electron chi connectivity index (χ1n) is 11.0. The minimum absolute atomic E-state index is 0.123. The van der Waals surface area contributed by atoms with Crippen LogP contribution in [0.4, 0.5) is 11.4 Å². The Hall–Kier alpha value is -2.77. The number of benzene rings is 3. The van der Waals surface area contributed by atoms with E-state index in [4.69, 9.17) is 46.4 Å². The number of aryl methyl sites for hydroxylation is 1. The largest absolute Gasteiger partial charge is 0.378 e. The van der Waals surface area contributed by atoms with Crippen molar-refractivity contribution < 1.29 is 14.4 Å². The quantitative estimate of drug-likeness (QED) is 0.159. The highest BCUT2D eigenvalue weighted by Crippen LogP contribution is 2.49. The van der Waals surface area contributed by atoms with Gasteiger partial charge in [-0.2, -0.15) is 0 Å². The molecule has 10 heteroatoms. The van der Waals surface area contributed by atoms with Crippen LogP contribution in [0.1, 0.15) is 37.9 Å². The first-order valence-corrected chi connectivity index (χ1v) is 12.5. The van der Waals surface area contributed by atoms with E-state index in [1.807, 2.05) is 74.4 Å². The van der Waals surface area contributed by atoms with Crippen LogP contribution in [0, 0.1) is 6.92 Å². The average Bonchev–Trinajstić information content (AvgIpc) is 3.11. The number of imide groups is 1. The number of β-lactam (4-membered cyclic amide) rings is 1. The molecule has 0 saturated carbocycles. The summed E-state index contributed by atoms with van der Waals surface area (Å²) in [6.45, 7) is 1.95. The molecule has 0 aliphatic carbocycles. The number of hydrogen-bond acceptors (Lipinski definition) is 4. The van der Waals surface area contributed by atoms with Crippen LogP contribution in [-0.4, -0.2) is 42.8 Å². The van der Waals surface area contributed by atoms with Gasteiger partial charge in [0, 0.05) is 25.5 Å². The van der Waals surface area contributed by atoms with Crippen molar-refractivity contribution in [3.63, 3.8) is 0 Å². The van der Waals surface area contributed by atoms with Crippen molar-refractivity contribution in [2.45, 2.75) is 19.0 Å². The third kappa shape index (κ3) is 3.58. The molecule has 3 aromatic rings. The Morgan fingerprint density at radius 3 is 1.64 bits per heavy atom. The molecular weight excluding hydrogens is 544 g/mol. The zero-order valence-electron chi connectivity index (χ0n) is 19.4. The van der Waals surface area contributed by atoms with Gasteiger partial charge < -0.3 is 9.80 Å². The fourth-order valence-corrected chi connectivity index (χ4v) is 5.65. The molecule has 0 spiro atoms. The summed E-state index contributed by atoms with van der Waals surface area (Å²) in [5.41, 5.74) is 3.12. The molecular formula is C26H19Cl4N3O3. The lowest BCUT2D eigenvalue weighted by Gasteiger charge is -2.49. The summed E-state index contributed by atoms with van der Waals surface area (Å²) in [4.78, 5) is 45.1. The molecule has 5 rings (SSSR count). The molecule has 0 N–H and O–H groups in total. The lowest BCUT2D eigenvalue weighted by atomic mass is 9.86. The zero-order chi connectivity index (χ0) is 26.0. The van der Waals surface area contributed by atoms with E-state index in [1.165, 1.54) is 0 Å². The number of anilines is 2. The Bertz CT molecular complexity index is 1390. The molecule has 6 nitrogen and oxygen atoms in total. The molecule has 0 unspecified atom stereocenters. The molecule has 2 aliphatic rings. The lowest BCUT2D eigenvalue weighted by molar-refractivity contribution is -0.130. The molecule has 36 heavy (non-hydrogen) atoms. The van der Waals surface area contributed by atoms with E-state index in [1.54, 1.807) is 4.90 Å². The second-order valence-corrected chi connectivity index (χ2v) is 10.4. The molecule has 1 fully saturated rings. The topological polar surface area (TPSA) is 60.9 Å². The standard InChI is InChI=1S/C26H19Cl4N3O3/c1-12-4-8-15(9-5-12)32-22(13-6-10-14(11-7-13)31(2)3)23(26(32)36)33-24(34)16-17(25(33)35)19(28)21(30)20(29)18(16)27/h4-11,22-23H,1-3H3/t22-,23+/m1/s1. The lowest BCUT2D eigenvalue weighted by Crippen LogP contribution is -2.67. The van der Waals surface area contributed by atoms with Gasteiger partial charge >= 0.3 is 0 Å². The summed E-state index contributed by atoms with van der Waals surface area (Å²) < 4.78 is 0. The Morgan fingerprint density at radius 2 is 1.17 bits per heavy atom. The van der Waals surface area contributed by atoms with E-state index >= 15 is 0 Å². The number of carbonyl (C=O) groups is 3. The van der Waals surface area contributed by atoms with E-state index < -0.39 is 29.8 Å². The van der Waals surface area contributed by atoms with Crippen molar-refractivity contribution in [3.05, 3.63) is 90.9 Å². The number of nitrogens with zero attached hydrogens (tertiary/aromatic N) is 3. The van der Waals surface area contributed by atoms with Gasteiger partial charge in [0.05, 0.1) is 37.3 Å². The molecule has 0 bridgehead atoms. The van der Waals surface area contributed by atoms with Crippen LogP contribution in [0.15, 0.2) is 48.5 Å². The van der Waals surface area contributed by atoms with Crippen LogP contribution in [0.25, 0.3) is 0 Å². The summed E-state index contributed by atoms with van der Waals surface area (Å²) in [7, 11) is 3.84. The van der Waals surface area contributed by atoms with Crippen molar-refractivity contribution in [1.82, 2.24) is 4.90 Å². The number of hydrogen-bond donors (Lipinski definition) is 0. The van der Waals surface area contributed by atoms with Crippen molar-refractivity contribution in [2.75, 3.05) is 23.9 Å². The van der Waals surface area contributed by atoms with E-state index in [9.17, 15) is 14.4 Å². The average molecular weight is 563 g/mol. The first kappa shape index (κ1) is 24.9. The predicted molar refractivity (Wildman–Crippen MR) is 143 cm³/mol. The second-order valence-electron chi connectivity index (χ2n) is 8.91. The Balaban J connectivity index is 1.62. The molecule has 1 saturated heterocycles. The van der Waals surface area contributed by atoms with Gasteiger partial charge in [0.1, 0.15) is 6.04 Å². The zero-order valence-corrected chi connectivity index (χ0v) is 22.4. The van der Waals surface area contributed by atoms with Crippen molar-refractivity contribution >= 4 is 75.5 Å². The highest BCUT2D eigenvalue weighted by Gasteiger charge is 2.58. The second kappa shape index (κ2) is 8.96. The minimum Gasteiger partial charge on any atom is -0.378 e. The first-order chi connectivity index (χ1) is 17.0. The van der Waals surface area contributed by atoms with Crippen LogP contribution in [-0.2, 0) is 4.79 Å². The molecule has 3 aromatic carbocycles. The van der Waals surface area contributed by atoms with Gasteiger partial charge in [0.15, 0.2) is 0 Å². The third-order valence-electron chi connectivity index (χ3n) is 6.54. The summed E-state index contributed by atoms with van der Waals surface area (Å²) in [6.07, 6.45) is 0. The van der Waals surface area contributed by atoms with Crippen LogP contribution in [0.5, 0.6) is 0 Å². The summed E-state index contributed by atoms with van der Waals surface area (Å²) in [6, 6.07) is 13.3. The molecule has 2 aliphatic heterocycles. The summed E-state index contributed by atoms with van der Waals surface area (Å²) in [5.74, 6) is -1.88. The smallest absolute Gasteiger partial charge is 0.264 e. The van der Waals surface area contributed by atoms with Crippen molar-refractivity contribution in [1.29, 1.82) is 0 Å². The monoisotopic (exact) mass is 561 g/mol. The van der Waals surface area contributed by atoms with E-state index in [2.05, 4.69) is 0 Å². The van der Waals surface area contributed by atoms with Crippen LogP contribution >= 0.6 is 46.4 Å². The third-order valence-corrected chi connectivity index (χ3v) is 8.34. The van der Waals surface area contributed by atoms with Gasteiger partial charge in [-0.3, -0.25) is 19.3 Å². The fourth-order valence-electron chi connectivity index (χ4n) is 4.64. The van der Waals surface area contributed by atoms with Crippen LogP contribution in [0.2, 0.25) is 20.1 Å². The molecule has 2 heterocycles. The fraction of sp³-hybridized carbons (Fsp3) is 0.192. The Kier molecular flexibility index (Phi) is 6.20. The van der Waals surface area contributed by atoms with E-state index in [0.717, 1.165) is 21.7 Å². The van der Waals surface area contributed by atoms with Crippen molar-refractivity contribution in [2.24, 2.45) is 0 Å². The number of amides is 3. The number of carbonyl (C=O) groups excluding carboxylic acids is 3. The molecule has 2 atom stereocenters. The molecule has 3 amide bonds. The Morgan fingerprint density at radius 1 is 0.667 bits per heavy atom. The van der Waals surface area contributed by atoms with Crippen molar-refractivity contribution in [3.8, 4) is 0 Å². The maximum Gasteiger partial charge on any atom is 0.264 e. The number of halogens is 4. The predicted octanol–water partition coefficient (Wildman–Crippen LogP) is 6.43. The van der Waals surface area contributed by atoms with Gasteiger partial charge in [0.2, 0.25) is 0 Å². The van der Waals surface area contributed by atoms with E-state index in [0.29, 0.717) is 5.69 Å². The van der Waals surface area contributed by atoms with Gasteiger partial charge in [-0.15, -0.1) is 0 Å². The van der Waals surface area contributed by atoms with Gasteiger partial charge in [-0.1, -0.05) is 76.2 Å². The van der Waals surface area contributed by atoms with E-state index in [-0.39, 0.29) is 31.2 Å². The summed E-state index contributed by atoms with van der Waals surface area (Å²) in [5, 5.41) is -0.587. The maximum absolute atomic E-state index is 13.6. The normalized spacial score (nSPS) is 19.0. The molecule has 0 radical (unpaired) electrons. The minimum atomic E-state index is -1.10. The maximum atomic E-state index is 13.6. The van der Waals surface area contributed by atoms with Crippen LogP contribution in [0.3, 0.4) is 0 Å². The number of rotatable bonds is 4. The SMILES string of the molecule is Cc1ccc(N2C(=O)[C@@H](N3C(=O)c4c(Cl)c(Cl)c(Cl)c(Cl)c4C3=O)[C@H]2c2ccc(N(C)C)cc2)cc1. The molecule has 184 valence electrons. The Labute approximate surface area is 227 Å². The highest BCUT2D eigenvalue weighted by atomic mass is 35.5. The van der Waals surface area contributed by atoms with Gasteiger partial charge in [-0.05, 0) is 36.8 Å². The van der Waals surface area contributed by atoms with Gasteiger partial charge in [0.25, 0.3) is 17.7 Å². The molecule has 0 aromatic heterocycles. The van der Waals surface area contributed by atoms with Gasteiger partial charge in [-0.25, -0.2) is 0 Å². The van der Waals surface area contributed by atoms with Crippen LogP contribution < -0.4 is 9.80 Å².